The van der Waals surface area contributed by atoms with Gasteiger partial charge in [0.25, 0.3) is 17.7 Å². The predicted octanol–water partition coefficient (Wildman–Crippen LogP) is 6.26. The van der Waals surface area contributed by atoms with Crippen LogP contribution < -0.4 is 15.5 Å². The molecular weight excluding hydrogens is 572 g/mol. The highest BCUT2D eigenvalue weighted by atomic mass is 32.1. The van der Waals surface area contributed by atoms with Crippen molar-refractivity contribution in [3.63, 3.8) is 0 Å². The fourth-order valence-electron chi connectivity index (χ4n) is 5.57. The first kappa shape index (κ1) is 27.7. The predicted molar refractivity (Wildman–Crippen MR) is 167 cm³/mol. The Morgan fingerprint density at radius 3 is 2.52 bits per heavy atom. The topological polar surface area (TPSA) is 83.4 Å². The molecule has 0 saturated carbocycles. The molecule has 1 aliphatic heterocycles. The van der Waals surface area contributed by atoms with Gasteiger partial charge < -0.3 is 9.88 Å². The van der Waals surface area contributed by atoms with Crippen molar-refractivity contribution in [3.05, 3.63) is 105 Å². The second-order valence-electron chi connectivity index (χ2n) is 10.3. The van der Waals surface area contributed by atoms with Gasteiger partial charge in [-0.25, -0.2) is 9.29 Å². The molecule has 1 saturated heterocycles. The van der Waals surface area contributed by atoms with Crippen LogP contribution in [0.15, 0.2) is 66.2 Å². The molecule has 0 spiro atoms. The average molecular weight is 599 g/mol. The van der Waals surface area contributed by atoms with E-state index in [-0.39, 0.29) is 22.3 Å². The van der Waals surface area contributed by atoms with Crippen LogP contribution in [0.3, 0.4) is 0 Å². The summed E-state index contributed by atoms with van der Waals surface area (Å²) in [6.07, 6.45) is 5.35. The summed E-state index contributed by atoms with van der Waals surface area (Å²) >= 11 is 6.83. The van der Waals surface area contributed by atoms with Crippen molar-refractivity contribution in [3.8, 4) is 5.00 Å². The van der Waals surface area contributed by atoms with Gasteiger partial charge in [0.2, 0.25) is 0 Å². The van der Waals surface area contributed by atoms with Crippen molar-refractivity contribution in [2.24, 2.45) is 0 Å². The number of thiophene rings is 1. The average Bonchev–Trinajstić information content (AvgIpc) is 3.48. The molecule has 2 aliphatic rings. The van der Waals surface area contributed by atoms with E-state index in [0.29, 0.717) is 11.1 Å². The van der Waals surface area contributed by atoms with Crippen LogP contribution in [0.4, 0.5) is 15.8 Å². The van der Waals surface area contributed by atoms with Gasteiger partial charge in [-0.15, -0.1) is 11.3 Å². The number of hydrogen-bond acceptors (Lipinski definition) is 5. The number of amides is 3. The van der Waals surface area contributed by atoms with Gasteiger partial charge in [0, 0.05) is 22.0 Å². The molecule has 7 nitrogen and oxygen atoms in total. The minimum atomic E-state index is -0.715. The molecule has 2 aromatic carbocycles. The van der Waals surface area contributed by atoms with E-state index in [1.54, 1.807) is 17.4 Å². The first-order valence-electron chi connectivity index (χ1n) is 13.6. The molecule has 10 heteroatoms. The van der Waals surface area contributed by atoms with E-state index in [1.807, 2.05) is 54.8 Å². The first-order chi connectivity index (χ1) is 20.2. The summed E-state index contributed by atoms with van der Waals surface area (Å²) in [6.45, 7) is 3.82. The Bertz CT molecular complexity index is 1810. The van der Waals surface area contributed by atoms with E-state index in [4.69, 9.17) is 12.2 Å². The van der Waals surface area contributed by atoms with Gasteiger partial charge in [-0.3, -0.25) is 19.7 Å². The molecule has 6 rings (SSSR count). The lowest BCUT2D eigenvalue weighted by Gasteiger charge is -2.29. The lowest BCUT2D eigenvalue weighted by atomic mass is 9.95. The van der Waals surface area contributed by atoms with Crippen LogP contribution in [0.1, 0.15) is 50.6 Å². The largest absolute Gasteiger partial charge is 0.322 e. The number of rotatable bonds is 5. The highest BCUT2D eigenvalue weighted by molar-refractivity contribution is 7.80. The molecule has 2 N–H and O–H groups in total. The molecule has 4 aromatic rings. The molecule has 0 atom stereocenters. The van der Waals surface area contributed by atoms with Crippen LogP contribution >= 0.6 is 23.6 Å². The van der Waals surface area contributed by atoms with Gasteiger partial charge in [0.05, 0.1) is 11.3 Å². The number of thiocarbonyl (C=S) groups is 1. The van der Waals surface area contributed by atoms with E-state index in [0.717, 1.165) is 58.2 Å². The maximum Gasteiger partial charge on any atom is 0.270 e. The molecule has 0 bridgehead atoms. The molecule has 212 valence electrons. The number of fused-ring (bicyclic) bond motifs is 1. The van der Waals surface area contributed by atoms with Crippen molar-refractivity contribution < 1.29 is 18.8 Å². The maximum atomic E-state index is 14.6. The van der Waals surface area contributed by atoms with Gasteiger partial charge in [0.15, 0.2) is 5.11 Å². The summed E-state index contributed by atoms with van der Waals surface area (Å²) in [4.78, 5) is 42.4. The number of halogens is 1. The molecule has 3 amide bonds. The number of anilines is 2. The van der Waals surface area contributed by atoms with Gasteiger partial charge >= 0.3 is 0 Å². The molecular formula is C32H27FN4O3S2. The van der Waals surface area contributed by atoms with Crippen LogP contribution in [-0.4, -0.2) is 27.4 Å². The van der Waals surface area contributed by atoms with E-state index < -0.39 is 17.6 Å². The first-order valence-corrected chi connectivity index (χ1v) is 14.8. The summed E-state index contributed by atoms with van der Waals surface area (Å²) in [7, 11) is 0. The SMILES string of the molecule is Cc1cc(/C=C2/C(=O)NC(=S)N(c3ccccc3F)C2=O)c(C)n1-c1sc2c(c1C(=O)Nc1ccccc1)CCCC2. The fourth-order valence-corrected chi connectivity index (χ4v) is 7.34. The third kappa shape index (κ3) is 4.86. The Balaban J connectivity index is 1.42. The van der Waals surface area contributed by atoms with E-state index in [9.17, 15) is 18.8 Å². The van der Waals surface area contributed by atoms with Crippen molar-refractivity contribution in [2.75, 3.05) is 10.2 Å². The lowest BCUT2D eigenvalue weighted by molar-refractivity contribution is -0.122. The third-order valence-electron chi connectivity index (χ3n) is 7.58. The molecule has 42 heavy (non-hydrogen) atoms. The molecule has 1 fully saturated rings. The second-order valence-corrected chi connectivity index (χ2v) is 11.8. The van der Waals surface area contributed by atoms with Crippen molar-refractivity contribution in [1.82, 2.24) is 9.88 Å². The number of carbonyl (C=O) groups excluding carboxylic acids is 3. The standard InChI is InChI=1S/C32H27FN4O3S2/c1-18-16-20(17-23-28(38)35-32(41)37(30(23)40)25-14-8-7-13-24(25)33)19(2)36(18)31-27(22-12-6-9-15-26(22)42-31)29(39)34-21-10-4-3-5-11-21/h3-5,7-8,10-11,13-14,16-17H,6,9,12,15H2,1-2H3,(H,34,39)(H,35,38,41)/b23-17-. The highest BCUT2D eigenvalue weighted by Gasteiger charge is 2.36. The van der Waals surface area contributed by atoms with Crippen molar-refractivity contribution in [2.45, 2.75) is 39.5 Å². The van der Waals surface area contributed by atoms with Crippen molar-refractivity contribution >= 4 is 63.8 Å². The number of nitrogens with one attached hydrogen (secondary N) is 2. The van der Waals surface area contributed by atoms with Crippen LogP contribution in [0.5, 0.6) is 0 Å². The molecule has 0 unspecified atom stereocenters. The van der Waals surface area contributed by atoms with Crippen LogP contribution in [-0.2, 0) is 22.4 Å². The monoisotopic (exact) mass is 598 g/mol. The summed E-state index contributed by atoms with van der Waals surface area (Å²) in [6, 6.07) is 17.0. The number of aryl methyl sites for hydroxylation is 2. The second kappa shape index (κ2) is 11.1. The van der Waals surface area contributed by atoms with Gasteiger partial charge in [0.1, 0.15) is 16.4 Å². The normalized spacial score (nSPS) is 16.0. The molecule has 3 heterocycles. The summed E-state index contributed by atoms with van der Waals surface area (Å²) < 4.78 is 16.6. The number of carbonyl (C=O) groups is 3. The van der Waals surface area contributed by atoms with Crippen LogP contribution in [0.25, 0.3) is 11.1 Å². The van der Waals surface area contributed by atoms with Gasteiger partial charge in [-0.05, 0) is 99.3 Å². The van der Waals surface area contributed by atoms with Crippen LogP contribution in [0, 0.1) is 19.7 Å². The zero-order valence-electron chi connectivity index (χ0n) is 23.0. The highest BCUT2D eigenvalue weighted by Crippen LogP contribution is 2.39. The smallest absolute Gasteiger partial charge is 0.270 e. The minimum Gasteiger partial charge on any atom is -0.322 e. The van der Waals surface area contributed by atoms with Crippen LogP contribution in [0.2, 0.25) is 0 Å². The molecule has 0 radical (unpaired) electrons. The Kier molecular flexibility index (Phi) is 7.34. The minimum absolute atomic E-state index is 0.0397. The van der Waals surface area contributed by atoms with Gasteiger partial charge in [-0.1, -0.05) is 30.3 Å². The Morgan fingerprint density at radius 2 is 1.76 bits per heavy atom. The quantitative estimate of drug-likeness (QED) is 0.162. The number of para-hydroxylation sites is 2. The van der Waals surface area contributed by atoms with E-state index >= 15 is 0 Å². The Morgan fingerprint density at radius 1 is 1.05 bits per heavy atom. The maximum absolute atomic E-state index is 14.6. The summed E-state index contributed by atoms with van der Waals surface area (Å²) in [5.41, 5.74) is 4.49. The summed E-state index contributed by atoms with van der Waals surface area (Å²) in [5, 5.41) is 6.19. The number of hydrogen-bond donors (Lipinski definition) is 2. The van der Waals surface area contributed by atoms with E-state index in [1.165, 1.54) is 29.2 Å². The summed E-state index contributed by atoms with van der Waals surface area (Å²) in [5.74, 6) is -2.17. The van der Waals surface area contributed by atoms with Gasteiger partial charge in [-0.2, -0.15) is 0 Å². The number of aromatic nitrogens is 1. The Labute approximate surface area is 251 Å². The molecule has 1 aliphatic carbocycles. The van der Waals surface area contributed by atoms with E-state index in [2.05, 4.69) is 10.6 Å². The zero-order valence-corrected chi connectivity index (χ0v) is 24.6. The fraction of sp³-hybridized carbons (Fsp3) is 0.188. The molecule has 2 aromatic heterocycles. The van der Waals surface area contributed by atoms with Crippen molar-refractivity contribution in [1.29, 1.82) is 0 Å². The lowest BCUT2D eigenvalue weighted by Crippen LogP contribution is -2.54. The number of nitrogens with zero attached hydrogens (tertiary/aromatic N) is 2. The Hall–Kier alpha value is -4.41. The third-order valence-corrected chi connectivity index (χ3v) is 9.14. The number of benzene rings is 2. The zero-order chi connectivity index (χ0) is 29.5.